The Balaban J connectivity index is 0.776. The number of benzene rings is 2. The average molecular weight is 794 g/mol. The van der Waals surface area contributed by atoms with E-state index in [1.54, 1.807) is 18.2 Å². The largest absolute Gasteiger partial charge is 0.489 e. The van der Waals surface area contributed by atoms with Crippen molar-refractivity contribution in [1.29, 1.82) is 5.26 Å². The van der Waals surface area contributed by atoms with E-state index in [4.69, 9.17) is 9.72 Å². The van der Waals surface area contributed by atoms with Crippen LogP contribution in [0.3, 0.4) is 0 Å². The zero-order valence-corrected chi connectivity index (χ0v) is 34.0. The summed E-state index contributed by atoms with van der Waals surface area (Å²) in [6.07, 6.45) is 2.03. The number of nitriles is 1. The third kappa shape index (κ3) is 6.34. The lowest BCUT2D eigenvalue weighted by molar-refractivity contribution is -0.199. The Morgan fingerprint density at radius 1 is 0.847 bits per heavy atom. The van der Waals surface area contributed by atoms with Gasteiger partial charge in [-0.05, 0) is 86.2 Å². The van der Waals surface area contributed by atoms with Gasteiger partial charge in [-0.15, -0.1) is 0 Å². The summed E-state index contributed by atoms with van der Waals surface area (Å²) in [5.41, 5.74) is 4.36. The van der Waals surface area contributed by atoms with E-state index in [1.165, 1.54) is 0 Å². The van der Waals surface area contributed by atoms with Crippen molar-refractivity contribution in [2.24, 2.45) is 16.7 Å². The van der Waals surface area contributed by atoms with Crippen LogP contribution in [0.15, 0.2) is 48.5 Å². The van der Waals surface area contributed by atoms with Gasteiger partial charge in [0, 0.05) is 67.1 Å². The number of piperidine rings is 1. The number of piperazine rings is 1. The summed E-state index contributed by atoms with van der Waals surface area (Å²) in [6, 6.07) is 16.2. The highest BCUT2D eigenvalue weighted by molar-refractivity contribution is 6.23. The number of hydrogen-bond donors (Lipinski definition) is 1. The first kappa shape index (κ1) is 38.5. The smallest absolute Gasteiger partial charge is 0.262 e. The lowest BCUT2D eigenvalue weighted by Gasteiger charge is -2.65. The first-order chi connectivity index (χ1) is 28.1. The van der Waals surface area contributed by atoms with Gasteiger partial charge in [-0.25, -0.2) is 4.98 Å². The fourth-order valence-electron chi connectivity index (χ4n) is 10.8. The van der Waals surface area contributed by atoms with Crippen LogP contribution in [-0.2, 0) is 16.1 Å². The minimum absolute atomic E-state index is 0.0102. The maximum absolute atomic E-state index is 13.8. The molecule has 59 heavy (non-hydrogen) atoms. The molecule has 1 N–H and O–H groups in total. The number of anilines is 1. The van der Waals surface area contributed by atoms with Gasteiger partial charge in [0.05, 0.1) is 40.6 Å². The predicted octanol–water partition coefficient (Wildman–Crippen LogP) is 4.45. The van der Waals surface area contributed by atoms with Gasteiger partial charge in [0.2, 0.25) is 11.8 Å². The van der Waals surface area contributed by atoms with Gasteiger partial charge in [0.25, 0.3) is 17.7 Å². The summed E-state index contributed by atoms with van der Waals surface area (Å²) in [7, 11) is 0. The molecule has 1 atom stereocenters. The molecular weight excluding hydrogens is 747 g/mol. The van der Waals surface area contributed by atoms with Crippen molar-refractivity contribution in [3.05, 3.63) is 87.7 Å². The number of imide groups is 2. The molecule has 13 heteroatoms. The van der Waals surface area contributed by atoms with Gasteiger partial charge < -0.3 is 14.5 Å². The van der Waals surface area contributed by atoms with Crippen LogP contribution in [0.4, 0.5) is 5.69 Å². The van der Waals surface area contributed by atoms with Gasteiger partial charge >= 0.3 is 0 Å². The van der Waals surface area contributed by atoms with Gasteiger partial charge in [-0.2, -0.15) is 5.26 Å². The highest BCUT2D eigenvalue weighted by Crippen LogP contribution is 2.59. The maximum Gasteiger partial charge on any atom is 0.262 e. The van der Waals surface area contributed by atoms with Crippen LogP contribution in [0.25, 0.3) is 0 Å². The molecular formula is C46H47N7O6. The quantitative estimate of drug-likeness (QED) is 0.280. The number of amides is 5. The van der Waals surface area contributed by atoms with Crippen LogP contribution in [0.1, 0.15) is 107 Å². The molecule has 9 rings (SSSR count). The molecule has 5 heterocycles. The number of carbonyl (C=O) groups is 5. The lowest BCUT2D eigenvalue weighted by Crippen LogP contribution is -2.74. The van der Waals surface area contributed by atoms with Crippen LogP contribution < -0.4 is 15.0 Å². The van der Waals surface area contributed by atoms with Crippen molar-refractivity contribution < 1.29 is 28.7 Å². The zero-order chi connectivity index (χ0) is 41.5. The van der Waals surface area contributed by atoms with E-state index in [0.29, 0.717) is 35.0 Å². The number of fused-ring (bicyclic) bond motifs is 2. The highest BCUT2D eigenvalue weighted by atomic mass is 16.5. The average Bonchev–Trinajstić information content (AvgIpc) is 3.63. The second-order valence-electron chi connectivity index (χ2n) is 18.0. The minimum Gasteiger partial charge on any atom is -0.489 e. The summed E-state index contributed by atoms with van der Waals surface area (Å²) < 4.78 is 6.54. The maximum atomic E-state index is 13.8. The number of rotatable bonds is 6. The number of carbonyl (C=O) groups excluding carboxylic acids is 5. The molecule has 2 aromatic carbocycles. The summed E-state index contributed by atoms with van der Waals surface area (Å²) in [5, 5.41) is 11.6. The molecule has 5 amide bonds. The van der Waals surface area contributed by atoms with E-state index >= 15 is 0 Å². The van der Waals surface area contributed by atoms with Crippen molar-refractivity contribution >= 4 is 35.2 Å². The third-order valence-corrected chi connectivity index (χ3v) is 13.6. The monoisotopic (exact) mass is 793 g/mol. The summed E-state index contributed by atoms with van der Waals surface area (Å²) >= 11 is 0. The summed E-state index contributed by atoms with van der Waals surface area (Å²) in [4.78, 5) is 76.9. The van der Waals surface area contributed by atoms with Crippen LogP contribution in [-0.4, -0.2) is 99.6 Å². The van der Waals surface area contributed by atoms with Crippen molar-refractivity contribution in [1.82, 2.24) is 25.0 Å². The molecule has 6 aliphatic rings. The Hall–Kier alpha value is -6.05. The molecule has 4 aliphatic heterocycles. The highest BCUT2D eigenvalue weighted by Gasteiger charge is 2.67. The van der Waals surface area contributed by atoms with Crippen LogP contribution in [0.5, 0.6) is 5.75 Å². The fraction of sp³-hybridized carbons (Fsp3) is 0.457. The van der Waals surface area contributed by atoms with E-state index < -0.39 is 29.7 Å². The second-order valence-corrected chi connectivity index (χ2v) is 18.0. The van der Waals surface area contributed by atoms with E-state index in [-0.39, 0.29) is 53.2 Å². The fourth-order valence-corrected chi connectivity index (χ4v) is 10.8. The molecule has 0 bridgehead atoms. The summed E-state index contributed by atoms with van der Waals surface area (Å²) in [6.45, 7) is 14.2. The summed E-state index contributed by atoms with van der Waals surface area (Å²) in [5.74, 6) is 5.72. The molecule has 13 nitrogen and oxygen atoms in total. The van der Waals surface area contributed by atoms with Crippen LogP contribution in [0.2, 0.25) is 0 Å². The number of pyridine rings is 1. The van der Waals surface area contributed by atoms with Crippen molar-refractivity contribution in [2.45, 2.75) is 91.1 Å². The van der Waals surface area contributed by atoms with Crippen LogP contribution in [0, 0.1) is 46.8 Å². The zero-order valence-electron chi connectivity index (χ0n) is 34.0. The predicted molar refractivity (Wildman–Crippen MR) is 216 cm³/mol. The molecule has 2 saturated carbocycles. The Labute approximate surface area is 343 Å². The first-order valence-electron chi connectivity index (χ1n) is 20.5. The normalized spacial score (nSPS) is 26.9. The first-order valence-corrected chi connectivity index (χ1v) is 20.5. The number of hydrogen-bond acceptors (Lipinski definition) is 10. The molecule has 4 fully saturated rings. The Kier molecular flexibility index (Phi) is 9.16. The molecule has 1 aromatic heterocycles. The second kappa shape index (κ2) is 14.1. The number of ether oxygens (including phenoxy) is 1. The minimum atomic E-state index is -0.981. The van der Waals surface area contributed by atoms with Gasteiger partial charge in [0.15, 0.2) is 0 Å². The topological polar surface area (TPSA) is 156 Å². The van der Waals surface area contributed by atoms with Crippen molar-refractivity contribution in [3.63, 3.8) is 0 Å². The van der Waals surface area contributed by atoms with Crippen LogP contribution >= 0.6 is 0 Å². The Morgan fingerprint density at radius 3 is 2.25 bits per heavy atom. The molecule has 2 aliphatic carbocycles. The van der Waals surface area contributed by atoms with Crippen molar-refractivity contribution in [3.8, 4) is 23.7 Å². The van der Waals surface area contributed by atoms with E-state index in [9.17, 15) is 29.2 Å². The van der Waals surface area contributed by atoms with Gasteiger partial charge in [-0.1, -0.05) is 33.6 Å². The molecule has 0 radical (unpaired) electrons. The molecule has 0 spiro atoms. The van der Waals surface area contributed by atoms with E-state index in [1.807, 2.05) is 42.2 Å². The molecule has 3 aromatic rings. The molecule has 1 unspecified atom stereocenters. The number of aryl methyl sites for hydroxylation is 1. The van der Waals surface area contributed by atoms with Gasteiger partial charge in [0.1, 0.15) is 23.6 Å². The Morgan fingerprint density at radius 2 is 1.56 bits per heavy atom. The van der Waals surface area contributed by atoms with Crippen molar-refractivity contribution in [2.75, 3.05) is 31.1 Å². The number of nitrogens with zero attached hydrogens (tertiary/aromatic N) is 6. The molecule has 2 saturated heterocycles. The lowest BCUT2D eigenvalue weighted by atomic mass is 9.49. The van der Waals surface area contributed by atoms with E-state index in [2.05, 4.69) is 60.7 Å². The van der Waals surface area contributed by atoms with Gasteiger partial charge in [-0.3, -0.25) is 39.1 Å². The standard InChI is InChI=1S/C46H47N7O6/c1-26-20-32(11-7-28(26)24-47)59-44-45(2,3)43(46(44,4)5)52-25-36-34(40(52)56)12-9-29(48-36)8-6-27-21-31(22-27)51-18-16-50(17-19-51)30-10-13-33-35(23-30)42(58)53(41(33)57)37-14-15-38(54)49-39(37)55/h7,9-13,20,23,27,31,37,43-44H,14-19,21-22,25H2,1-5H3,(H,49,54,55). The van der Waals surface area contributed by atoms with E-state index in [0.717, 1.165) is 66.6 Å². The Bertz CT molecular complexity index is 2430. The number of aromatic nitrogens is 1. The number of nitrogens with one attached hydrogen (secondary N) is 1. The SMILES string of the molecule is Cc1cc(OC2C(C)(C)C(N3Cc4nc(C#CC5CC(N6CCN(c7ccc8c(c7)C(=O)N(C7CCC(=O)NC7=O)C8=O)CC6)C5)ccc4C3=O)C2(C)C)ccc1C#N. The third-order valence-electron chi connectivity index (χ3n) is 13.6. The molecule has 302 valence electrons.